The van der Waals surface area contributed by atoms with E-state index < -0.39 is 0 Å². The van der Waals surface area contributed by atoms with Gasteiger partial charge in [0.1, 0.15) is 18.1 Å². The van der Waals surface area contributed by atoms with Gasteiger partial charge in [-0.25, -0.2) is 0 Å². The number of nitrogens with zero attached hydrogens (tertiary/aromatic N) is 2. The van der Waals surface area contributed by atoms with Crippen LogP contribution in [0.25, 0.3) is 11.1 Å². The number of rotatable bonds is 9. The Kier molecular flexibility index (Phi) is 7.08. The summed E-state index contributed by atoms with van der Waals surface area (Å²) < 4.78 is 11.3. The first kappa shape index (κ1) is 21.4. The Balaban J connectivity index is 1.82. The highest BCUT2D eigenvalue weighted by Crippen LogP contribution is 2.28. The molecule has 7 heteroatoms. The number of methoxy groups -OCH3 is 1. The van der Waals surface area contributed by atoms with Crippen molar-refractivity contribution in [2.24, 2.45) is 0 Å². The van der Waals surface area contributed by atoms with Gasteiger partial charge in [-0.3, -0.25) is 9.89 Å². The number of amides is 1. The SMILES string of the molecule is COc1cccc([C@@H](C)NC(=O)c2ccc(-c3cn[nH]c3)cc2OCCN(C)C)c1. The zero-order valence-corrected chi connectivity index (χ0v) is 17.8. The van der Waals surface area contributed by atoms with Gasteiger partial charge >= 0.3 is 0 Å². The zero-order valence-electron chi connectivity index (χ0n) is 17.8. The Hall–Kier alpha value is -3.32. The van der Waals surface area contributed by atoms with Crippen molar-refractivity contribution in [2.75, 3.05) is 34.4 Å². The van der Waals surface area contributed by atoms with E-state index in [-0.39, 0.29) is 11.9 Å². The minimum absolute atomic E-state index is 0.184. The quantitative estimate of drug-likeness (QED) is 0.566. The van der Waals surface area contributed by atoms with Crippen molar-refractivity contribution in [1.82, 2.24) is 20.4 Å². The fourth-order valence-corrected chi connectivity index (χ4v) is 3.02. The number of likely N-dealkylation sites (N-methyl/N-ethyl adjacent to an activating group) is 1. The molecule has 1 atom stereocenters. The zero-order chi connectivity index (χ0) is 21.5. The van der Waals surface area contributed by atoms with Gasteiger partial charge in [0.2, 0.25) is 0 Å². The summed E-state index contributed by atoms with van der Waals surface area (Å²) in [5.74, 6) is 1.11. The molecule has 0 fully saturated rings. The molecule has 0 saturated heterocycles. The molecular formula is C23H28N4O3. The molecule has 0 aliphatic rings. The lowest BCUT2D eigenvalue weighted by atomic mass is 10.0. The normalized spacial score (nSPS) is 11.9. The summed E-state index contributed by atoms with van der Waals surface area (Å²) in [5, 5.41) is 9.86. The summed E-state index contributed by atoms with van der Waals surface area (Å²) in [6.07, 6.45) is 3.55. The molecule has 0 spiro atoms. The molecule has 0 saturated carbocycles. The average Bonchev–Trinajstić information content (AvgIpc) is 3.28. The van der Waals surface area contributed by atoms with Crippen LogP contribution in [0.1, 0.15) is 28.9 Å². The predicted molar refractivity (Wildman–Crippen MR) is 117 cm³/mol. The molecule has 7 nitrogen and oxygen atoms in total. The summed E-state index contributed by atoms with van der Waals surface area (Å²) in [6.45, 7) is 3.17. The Morgan fingerprint density at radius 2 is 2.03 bits per heavy atom. The molecule has 0 unspecified atom stereocenters. The van der Waals surface area contributed by atoms with Crippen molar-refractivity contribution in [3.63, 3.8) is 0 Å². The van der Waals surface area contributed by atoms with E-state index in [0.717, 1.165) is 29.0 Å². The van der Waals surface area contributed by atoms with Gasteiger partial charge in [0.05, 0.1) is 24.9 Å². The fraction of sp³-hybridized carbons (Fsp3) is 0.304. The van der Waals surface area contributed by atoms with E-state index in [1.165, 1.54) is 0 Å². The van der Waals surface area contributed by atoms with Gasteiger partial charge in [0.15, 0.2) is 0 Å². The number of nitrogens with one attached hydrogen (secondary N) is 2. The molecule has 3 aromatic rings. The molecule has 3 rings (SSSR count). The summed E-state index contributed by atoms with van der Waals surface area (Å²) in [4.78, 5) is 15.1. The third-order valence-corrected chi connectivity index (χ3v) is 4.80. The lowest BCUT2D eigenvalue weighted by molar-refractivity contribution is 0.0935. The Labute approximate surface area is 177 Å². The van der Waals surface area contributed by atoms with Crippen LogP contribution in [-0.4, -0.2) is 55.4 Å². The number of hydrogen-bond donors (Lipinski definition) is 2. The molecule has 0 radical (unpaired) electrons. The number of carbonyl (C=O) groups is 1. The number of aromatic nitrogens is 2. The molecule has 1 amide bonds. The van der Waals surface area contributed by atoms with Crippen molar-refractivity contribution >= 4 is 5.91 Å². The highest BCUT2D eigenvalue weighted by molar-refractivity contribution is 5.97. The van der Waals surface area contributed by atoms with Crippen LogP contribution in [0.15, 0.2) is 54.9 Å². The number of benzene rings is 2. The van der Waals surface area contributed by atoms with Crippen molar-refractivity contribution in [2.45, 2.75) is 13.0 Å². The Bertz CT molecular complexity index is 970. The van der Waals surface area contributed by atoms with E-state index in [0.29, 0.717) is 17.9 Å². The molecule has 2 N–H and O–H groups in total. The van der Waals surface area contributed by atoms with Crippen molar-refractivity contribution in [3.05, 3.63) is 66.0 Å². The molecular weight excluding hydrogens is 380 g/mol. The predicted octanol–water partition coefficient (Wildman–Crippen LogP) is 3.52. The van der Waals surface area contributed by atoms with Gasteiger partial charge in [-0.05, 0) is 56.4 Å². The third kappa shape index (κ3) is 5.39. The standard InChI is InChI=1S/C23H28N4O3/c1-16(17-6-5-7-20(12-17)29-4)26-23(28)21-9-8-18(19-14-24-25-15-19)13-22(21)30-11-10-27(2)3/h5-9,12-16H,10-11H2,1-4H3,(H,24,25)(H,26,28)/t16-/m1/s1. The lowest BCUT2D eigenvalue weighted by Gasteiger charge is -2.18. The molecule has 0 aliphatic carbocycles. The maximum Gasteiger partial charge on any atom is 0.255 e. The Morgan fingerprint density at radius 3 is 2.73 bits per heavy atom. The van der Waals surface area contributed by atoms with E-state index in [2.05, 4.69) is 15.5 Å². The largest absolute Gasteiger partial charge is 0.497 e. The molecule has 0 bridgehead atoms. The van der Waals surface area contributed by atoms with Crippen LogP contribution in [-0.2, 0) is 0 Å². The van der Waals surface area contributed by atoms with Crippen LogP contribution in [0.2, 0.25) is 0 Å². The smallest absolute Gasteiger partial charge is 0.255 e. The number of carbonyl (C=O) groups excluding carboxylic acids is 1. The summed E-state index contributed by atoms with van der Waals surface area (Å²) >= 11 is 0. The second kappa shape index (κ2) is 9.93. The second-order valence-corrected chi connectivity index (χ2v) is 7.32. The molecule has 158 valence electrons. The molecule has 0 aliphatic heterocycles. The second-order valence-electron chi connectivity index (χ2n) is 7.32. The van der Waals surface area contributed by atoms with Gasteiger partial charge < -0.3 is 19.7 Å². The number of hydrogen-bond acceptors (Lipinski definition) is 5. The van der Waals surface area contributed by atoms with Crippen molar-refractivity contribution in [3.8, 4) is 22.6 Å². The van der Waals surface area contributed by atoms with Crippen LogP contribution >= 0.6 is 0 Å². The number of H-pyrrole nitrogens is 1. The maximum atomic E-state index is 13.0. The summed E-state index contributed by atoms with van der Waals surface area (Å²) in [6, 6.07) is 13.1. The van der Waals surface area contributed by atoms with Crippen LogP contribution in [0.5, 0.6) is 11.5 Å². The monoisotopic (exact) mass is 408 g/mol. The number of ether oxygens (including phenoxy) is 2. The first-order valence-electron chi connectivity index (χ1n) is 9.83. The van der Waals surface area contributed by atoms with Crippen LogP contribution in [0, 0.1) is 0 Å². The molecule has 2 aromatic carbocycles. The van der Waals surface area contributed by atoms with Crippen LogP contribution in [0.3, 0.4) is 0 Å². The first-order valence-corrected chi connectivity index (χ1v) is 9.83. The minimum Gasteiger partial charge on any atom is -0.497 e. The third-order valence-electron chi connectivity index (χ3n) is 4.80. The van der Waals surface area contributed by atoms with E-state index in [1.54, 1.807) is 19.4 Å². The molecule has 1 aromatic heterocycles. The number of aromatic amines is 1. The topological polar surface area (TPSA) is 79.5 Å². The van der Waals surface area contributed by atoms with Crippen molar-refractivity contribution < 1.29 is 14.3 Å². The van der Waals surface area contributed by atoms with E-state index >= 15 is 0 Å². The van der Waals surface area contributed by atoms with E-state index in [1.807, 2.05) is 68.5 Å². The van der Waals surface area contributed by atoms with E-state index in [4.69, 9.17) is 9.47 Å². The van der Waals surface area contributed by atoms with E-state index in [9.17, 15) is 4.79 Å². The van der Waals surface area contributed by atoms with Gasteiger partial charge in [-0.2, -0.15) is 5.10 Å². The van der Waals surface area contributed by atoms with Gasteiger partial charge in [0.25, 0.3) is 5.91 Å². The average molecular weight is 409 g/mol. The summed E-state index contributed by atoms with van der Waals surface area (Å²) in [7, 11) is 5.59. The lowest BCUT2D eigenvalue weighted by Crippen LogP contribution is -2.27. The maximum absolute atomic E-state index is 13.0. The Morgan fingerprint density at radius 1 is 1.20 bits per heavy atom. The highest BCUT2D eigenvalue weighted by Gasteiger charge is 2.17. The molecule has 1 heterocycles. The molecule has 30 heavy (non-hydrogen) atoms. The summed E-state index contributed by atoms with van der Waals surface area (Å²) in [5.41, 5.74) is 3.33. The van der Waals surface area contributed by atoms with Crippen molar-refractivity contribution in [1.29, 1.82) is 0 Å². The minimum atomic E-state index is -0.191. The van der Waals surface area contributed by atoms with Gasteiger partial charge in [0, 0.05) is 18.3 Å². The van der Waals surface area contributed by atoms with Gasteiger partial charge in [-0.1, -0.05) is 18.2 Å². The van der Waals surface area contributed by atoms with Crippen LogP contribution < -0.4 is 14.8 Å². The fourth-order valence-electron chi connectivity index (χ4n) is 3.02. The first-order chi connectivity index (χ1) is 14.5. The van der Waals surface area contributed by atoms with Gasteiger partial charge in [-0.15, -0.1) is 0 Å². The van der Waals surface area contributed by atoms with Crippen LogP contribution in [0.4, 0.5) is 0 Å². The highest BCUT2D eigenvalue weighted by atomic mass is 16.5.